The van der Waals surface area contributed by atoms with Crippen LogP contribution in [-0.2, 0) is 26.0 Å². The minimum Gasteiger partial charge on any atom is -0.356 e. The van der Waals surface area contributed by atoms with Gasteiger partial charge in [-0.05, 0) is 31.2 Å². The first-order valence-corrected chi connectivity index (χ1v) is 9.61. The van der Waals surface area contributed by atoms with Gasteiger partial charge in [-0.25, -0.2) is 12.7 Å². The van der Waals surface area contributed by atoms with E-state index >= 15 is 0 Å². The Kier molecular flexibility index (Phi) is 4.80. The summed E-state index contributed by atoms with van der Waals surface area (Å²) in [5.74, 6) is -1.07. The lowest BCUT2D eigenvalue weighted by molar-refractivity contribution is -0.215. The highest BCUT2D eigenvalue weighted by atomic mass is 32.2. The van der Waals surface area contributed by atoms with Crippen LogP contribution in [0.25, 0.3) is 0 Å². The molecule has 0 aromatic heterocycles. The van der Waals surface area contributed by atoms with Crippen molar-refractivity contribution < 1.29 is 31.1 Å². The fourth-order valence-electron chi connectivity index (χ4n) is 3.32. The molecule has 2 fully saturated rings. The monoisotopic (exact) mass is 377 g/mol. The molecule has 25 heavy (non-hydrogen) atoms. The van der Waals surface area contributed by atoms with Gasteiger partial charge in [0.05, 0.1) is 11.8 Å². The molecule has 1 aromatic carbocycles. The normalized spacial score (nSPS) is 29.1. The zero-order valence-corrected chi connectivity index (χ0v) is 14.1. The van der Waals surface area contributed by atoms with E-state index in [9.17, 15) is 26.4 Å². The van der Waals surface area contributed by atoms with Crippen LogP contribution >= 0.6 is 0 Å². The first-order valence-electron chi connectivity index (χ1n) is 8.00. The third kappa shape index (κ3) is 3.82. The summed E-state index contributed by atoms with van der Waals surface area (Å²) in [6, 6.07) is 8.48. The third-order valence-corrected chi connectivity index (χ3v) is 6.36. The molecule has 0 radical (unpaired) electrons. The second-order valence-electron chi connectivity index (χ2n) is 6.31. The molecule has 0 bridgehead atoms. The van der Waals surface area contributed by atoms with Gasteiger partial charge in [-0.1, -0.05) is 30.3 Å². The summed E-state index contributed by atoms with van der Waals surface area (Å²) < 4.78 is 68.3. The van der Waals surface area contributed by atoms with Gasteiger partial charge in [0, 0.05) is 0 Å². The van der Waals surface area contributed by atoms with E-state index < -0.39 is 40.4 Å². The Morgan fingerprint density at radius 2 is 1.84 bits per heavy atom. The molecule has 3 atom stereocenters. The quantitative estimate of drug-likeness (QED) is 0.811. The van der Waals surface area contributed by atoms with Crippen LogP contribution < -0.4 is 0 Å². The zero-order chi connectivity index (χ0) is 18.2. The Morgan fingerprint density at radius 1 is 1.16 bits per heavy atom. The van der Waals surface area contributed by atoms with E-state index in [1.807, 2.05) is 18.2 Å². The molecule has 3 rings (SSSR count). The van der Waals surface area contributed by atoms with Gasteiger partial charge in [-0.3, -0.25) is 4.79 Å². The maximum absolute atomic E-state index is 12.7. The number of alkyl halides is 3. The highest BCUT2D eigenvalue weighted by Gasteiger charge is 2.50. The Bertz CT molecular complexity index is 735. The summed E-state index contributed by atoms with van der Waals surface area (Å²) in [4.78, 5) is 12.6. The lowest BCUT2D eigenvalue weighted by Gasteiger charge is -2.26. The second kappa shape index (κ2) is 6.60. The Morgan fingerprint density at radius 3 is 2.44 bits per heavy atom. The Hall–Kier alpha value is -1.61. The number of ether oxygens (including phenoxy) is 1. The topological polar surface area (TPSA) is 63.7 Å². The van der Waals surface area contributed by atoms with Crippen LogP contribution in [0.15, 0.2) is 30.3 Å². The predicted molar refractivity (Wildman–Crippen MR) is 83.1 cm³/mol. The van der Waals surface area contributed by atoms with Gasteiger partial charge >= 0.3 is 6.18 Å². The van der Waals surface area contributed by atoms with Crippen LogP contribution in [0.3, 0.4) is 0 Å². The molecule has 5 nitrogen and oxygen atoms in total. The average Bonchev–Trinajstić information content (AvgIpc) is 3.13. The second-order valence-corrected chi connectivity index (χ2v) is 8.28. The molecule has 1 amide bonds. The fraction of sp³-hybridized carbons (Fsp3) is 0.562. The maximum atomic E-state index is 12.7. The Labute approximate surface area is 143 Å². The molecule has 0 aliphatic carbocycles. The first-order chi connectivity index (χ1) is 11.7. The molecule has 1 unspecified atom stereocenters. The van der Waals surface area contributed by atoms with Crippen molar-refractivity contribution >= 4 is 15.9 Å². The molecular weight excluding hydrogens is 359 g/mol. The number of nitrogens with zero attached hydrogens (tertiary/aromatic N) is 1. The lowest BCUT2D eigenvalue weighted by Crippen LogP contribution is -2.46. The van der Waals surface area contributed by atoms with Crippen LogP contribution in [-0.4, -0.2) is 48.8 Å². The number of amides is 1. The fourth-order valence-corrected chi connectivity index (χ4v) is 5.11. The van der Waals surface area contributed by atoms with Crippen LogP contribution in [0.5, 0.6) is 0 Å². The minimum atomic E-state index is -4.55. The van der Waals surface area contributed by atoms with Crippen molar-refractivity contribution in [2.24, 2.45) is 0 Å². The number of benzene rings is 1. The highest BCUT2D eigenvalue weighted by molar-refractivity contribution is 7.89. The summed E-state index contributed by atoms with van der Waals surface area (Å²) in [6.07, 6.45) is -7.80. The van der Waals surface area contributed by atoms with Gasteiger partial charge in [0.15, 0.2) is 6.10 Å². The summed E-state index contributed by atoms with van der Waals surface area (Å²) in [7, 11) is -3.82. The predicted octanol–water partition coefficient (Wildman–Crippen LogP) is 2.27. The molecule has 1 aromatic rings. The standard InChI is InChI=1S/C16H18F3NO4S/c17-16(18,19)14-7-6-13(24-14)15(21)20-12(8-9-25(20,22)23)10-11-4-2-1-3-5-11/h1-5,12-14H,6-10H2/t12?,13-,14+/m1/s1. The lowest BCUT2D eigenvalue weighted by atomic mass is 10.0. The van der Waals surface area contributed by atoms with Gasteiger partial charge < -0.3 is 4.74 Å². The van der Waals surface area contributed by atoms with E-state index in [1.165, 1.54) is 0 Å². The number of sulfonamides is 1. The molecule has 9 heteroatoms. The number of hydrogen-bond acceptors (Lipinski definition) is 4. The SMILES string of the molecule is O=C([C@H]1CC[C@@H](C(F)(F)F)O1)N1C(Cc2ccccc2)CCS1(=O)=O. The summed E-state index contributed by atoms with van der Waals surface area (Å²) >= 11 is 0. The number of rotatable bonds is 3. The average molecular weight is 377 g/mol. The molecular formula is C16H18F3NO4S. The van der Waals surface area contributed by atoms with Gasteiger partial charge in [0.2, 0.25) is 10.0 Å². The molecule has 0 N–H and O–H groups in total. The van der Waals surface area contributed by atoms with Crippen LogP contribution in [0, 0.1) is 0 Å². The van der Waals surface area contributed by atoms with E-state index in [0.717, 1.165) is 9.87 Å². The van der Waals surface area contributed by atoms with Crippen LogP contribution in [0.4, 0.5) is 13.2 Å². The smallest absolute Gasteiger partial charge is 0.356 e. The van der Waals surface area contributed by atoms with Gasteiger partial charge in [0.1, 0.15) is 6.10 Å². The van der Waals surface area contributed by atoms with Crippen LogP contribution in [0.1, 0.15) is 24.8 Å². The third-order valence-electron chi connectivity index (χ3n) is 4.53. The van der Waals surface area contributed by atoms with Crippen molar-refractivity contribution in [1.82, 2.24) is 4.31 Å². The molecule has 0 spiro atoms. The zero-order valence-electron chi connectivity index (χ0n) is 13.3. The molecule has 138 valence electrons. The number of carbonyl (C=O) groups is 1. The van der Waals surface area contributed by atoms with E-state index in [4.69, 9.17) is 4.74 Å². The molecule has 2 aliphatic rings. The summed E-state index contributed by atoms with van der Waals surface area (Å²) in [5.41, 5.74) is 0.864. The molecule has 2 saturated heterocycles. The minimum absolute atomic E-state index is 0.132. The van der Waals surface area contributed by atoms with E-state index in [-0.39, 0.29) is 25.0 Å². The maximum Gasteiger partial charge on any atom is 0.414 e. The van der Waals surface area contributed by atoms with Gasteiger partial charge in [-0.2, -0.15) is 13.2 Å². The van der Waals surface area contributed by atoms with Crippen molar-refractivity contribution in [2.75, 3.05) is 5.75 Å². The van der Waals surface area contributed by atoms with Crippen molar-refractivity contribution in [3.05, 3.63) is 35.9 Å². The first kappa shape index (κ1) is 18.2. The highest BCUT2D eigenvalue weighted by Crippen LogP contribution is 2.35. The van der Waals surface area contributed by atoms with E-state index in [0.29, 0.717) is 6.42 Å². The number of hydrogen-bond donors (Lipinski definition) is 0. The Balaban J connectivity index is 1.76. The summed E-state index contributed by atoms with van der Waals surface area (Å²) in [5, 5.41) is 0. The van der Waals surface area contributed by atoms with Crippen molar-refractivity contribution in [2.45, 2.75) is 50.1 Å². The van der Waals surface area contributed by atoms with Crippen molar-refractivity contribution in [3.63, 3.8) is 0 Å². The van der Waals surface area contributed by atoms with Crippen molar-refractivity contribution in [1.29, 1.82) is 0 Å². The number of halogens is 3. The van der Waals surface area contributed by atoms with Crippen LogP contribution in [0.2, 0.25) is 0 Å². The van der Waals surface area contributed by atoms with Gasteiger partial charge in [0.25, 0.3) is 5.91 Å². The number of carbonyl (C=O) groups excluding carboxylic acids is 1. The molecule has 2 heterocycles. The largest absolute Gasteiger partial charge is 0.414 e. The summed E-state index contributed by atoms with van der Waals surface area (Å²) in [6.45, 7) is 0. The molecule has 2 aliphatic heterocycles. The molecule has 0 saturated carbocycles. The van der Waals surface area contributed by atoms with Gasteiger partial charge in [-0.15, -0.1) is 0 Å². The van der Waals surface area contributed by atoms with Crippen molar-refractivity contribution in [3.8, 4) is 0 Å². The van der Waals surface area contributed by atoms with E-state index in [1.54, 1.807) is 12.1 Å². The van der Waals surface area contributed by atoms with E-state index in [2.05, 4.69) is 0 Å².